The van der Waals surface area contributed by atoms with Gasteiger partial charge in [-0.15, -0.1) is 12.3 Å². The molecule has 3 N–H and O–H groups in total. The second kappa shape index (κ2) is 5.48. The Balaban J connectivity index is 2.93. The lowest BCUT2D eigenvalue weighted by Crippen LogP contribution is -2.18. The zero-order valence-electron chi connectivity index (χ0n) is 9.01. The summed E-state index contributed by atoms with van der Waals surface area (Å²) in [6, 6.07) is 5.92. The van der Waals surface area contributed by atoms with Crippen molar-refractivity contribution in [3.63, 3.8) is 0 Å². The van der Waals surface area contributed by atoms with E-state index >= 15 is 0 Å². The van der Waals surface area contributed by atoms with Gasteiger partial charge in [-0.25, -0.2) is 13.6 Å². The number of anilines is 1. The monoisotopic (exact) mass is 252 g/mol. The van der Waals surface area contributed by atoms with E-state index in [-0.39, 0.29) is 22.9 Å². The number of nitrogens with two attached hydrogens (primary N) is 1. The molecule has 1 rings (SSSR count). The maximum Gasteiger partial charge on any atom is 0.240 e. The summed E-state index contributed by atoms with van der Waals surface area (Å²) in [5, 5.41) is 7.48. The standard InChI is InChI=1S/C11H12N2O3S/c1-2-3-8-11(14)13-9-6-4-5-7-10(9)17(12,15)16/h1,4-7H,3,8H2,(H,13,14)(H2,12,15,16). The fourth-order valence-corrected chi connectivity index (χ4v) is 1.91. The molecule has 0 bridgehead atoms. The summed E-state index contributed by atoms with van der Waals surface area (Å²) < 4.78 is 22.5. The number of sulfonamides is 1. The van der Waals surface area contributed by atoms with Gasteiger partial charge in [-0.1, -0.05) is 12.1 Å². The van der Waals surface area contributed by atoms with Gasteiger partial charge in [-0.2, -0.15) is 0 Å². The van der Waals surface area contributed by atoms with Crippen LogP contribution in [0.1, 0.15) is 12.8 Å². The minimum atomic E-state index is -3.85. The van der Waals surface area contributed by atoms with E-state index in [2.05, 4.69) is 11.2 Å². The van der Waals surface area contributed by atoms with Crippen molar-refractivity contribution in [3.05, 3.63) is 24.3 Å². The van der Waals surface area contributed by atoms with Crippen molar-refractivity contribution in [1.29, 1.82) is 0 Å². The third-order valence-corrected chi connectivity index (χ3v) is 2.93. The first-order valence-electron chi connectivity index (χ1n) is 4.80. The van der Waals surface area contributed by atoms with E-state index in [0.29, 0.717) is 6.42 Å². The first-order valence-corrected chi connectivity index (χ1v) is 6.35. The molecular formula is C11H12N2O3S. The summed E-state index contributed by atoms with van der Waals surface area (Å²) in [7, 11) is -3.85. The third kappa shape index (κ3) is 3.90. The number of nitrogens with one attached hydrogen (secondary N) is 1. The van der Waals surface area contributed by atoms with Crippen LogP contribution in [0.5, 0.6) is 0 Å². The smallest absolute Gasteiger partial charge is 0.240 e. The number of terminal acetylenes is 1. The van der Waals surface area contributed by atoms with Gasteiger partial charge in [0.15, 0.2) is 0 Å². The number of para-hydroxylation sites is 1. The van der Waals surface area contributed by atoms with Crippen LogP contribution in [0.3, 0.4) is 0 Å². The third-order valence-electron chi connectivity index (χ3n) is 1.96. The molecule has 0 aliphatic carbocycles. The molecule has 90 valence electrons. The summed E-state index contributed by atoms with van der Waals surface area (Å²) in [5.41, 5.74) is 0.164. The molecule has 1 amide bonds. The second-order valence-corrected chi connectivity index (χ2v) is 4.82. The molecule has 0 unspecified atom stereocenters. The molecule has 0 aromatic heterocycles. The maximum absolute atomic E-state index is 11.4. The van der Waals surface area contributed by atoms with Gasteiger partial charge in [0, 0.05) is 12.8 Å². The topological polar surface area (TPSA) is 89.3 Å². The van der Waals surface area contributed by atoms with E-state index in [9.17, 15) is 13.2 Å². The summed E-state index contributed by atoms with van der Waals surface area (Å²) in [6.07, 6.45) is 5.45. The zero-order valence-corrected chi connectivity index (χ0v) is 9.83. The van der Waals surface area contributed by atoms with Crippen molar-refractivity contribution < 1.29 is 13.2 Å². The average Bonchev–Trinajstić information content (AvgIpc) is 2.25. The van der Waals surface area contributed by atoms with Crippen molar-refractivity contribution in [1.82, 2.24) is 0 Å². The number of carbonyl (C=O) groups excluding carboxylic acids is 1. The molecule has 5 nitrogen and oxygen atoms in total. The fraction of sp³-hybridized carbons (Fsp3) is 0.182. The van der Waals surface area contributed by atoms with Gasteiger partial charge in [0.05, 0.1) is 5.69 Å². The van der Waals surface area contributed by atoms with Crippen LogP contribution in [-0.4, -0.2) is 14.3 Å². The molecule has 6 heteroatoms. The van der Waals surface area contributed by atoms with Gasteiger partial charge in [0.25, 0.3) is 0 Å². The van der Waals surface area contributed by atoms with Crippen molar-refractivity contribution in [2.45, 2.75) is 17.7 Å². The molecule has 0 heterocycles. The average molecular weight is 252 g/mol. The number of rotatable bonds is 4. The molecule has 0 saturated carbocycles. The highest BCUT2D eigenvalue weighted by Gasteiger charge is 2.14. The molecule has 0 fully saturated rings. The van der Waals surface area contributed by atoms with Gasteiger partial charge in [0.1, 0.15) is 4.90 Å². The van der Waals surface area contributed by atoms with Gasteiger partial charge in [0.2, 0.25) is 15.9 Å². The second-order valence-electron chi connectivity index (χ2n) is 3.29. The minimum absolute atomic E-state index is 0.117. The molecule has 0 spiro atoms. The number of benzene rings is 1. The van der Waals surface area contributed by atoms with Crippen LogP contribution in [0.15, 0.2) is 29.2 Å². The van der Waals surface area contributed by atoms with Gasteiger partial charge in [-0.3, -0.25) is 4.79 Å². The molecule has 0 radical (unpaired) electrons. The van der Waals surface area contributed by atoms with Crippen molar-refractivity contribution in [2.24, 2.45) is 5.14 Å². The molecule has 1 aromatic carbocycles. The van der Waals surface area contributed by atoms with Gasteiger partial charge < -0.3 is 5.32 Å². The Morgan fingerprint density at radius 2 is 2.06 bits per heavy atom. The summed E-state index contributed by atoms with van der Waals surface area (Å²) in [4.78, 5) is 11.3. The number of carbonyl (C=O) groups is 1. The lowest BCUT2D eigenvalue weighted by molar-refractivity contribution is -0.116. The quantitative estimate of drug-likeness (QED) is 0.772. The summed E-state index contributed by atoms with van der Waals surface area (Å²) in [5.74, 6) is 1.98. The van der Waals surface area contributed by atoms with Crippen LogP contribution in [0.25, 0.3) is 0 Å². The number of hydrogen-bond donors (Lipinski definition) is 2. The Morgan fingerprint density at radius 3 is 2.65 bits per heavy atom. The Morgan fingerprint density at radius 1 is 1.41 bits per heavy atom. The highest BCUT2D eigenvalue weighted by Crippen LogP contribution is 2.19. The van der Waals surface area contributed by atoms with Gasteiger partial charge in [-0.05, 0) is 12.1 Å². The number of hydrogen-bond acceptors (Lipinski definition) is 3. The molecule has 0 atom stereocenters. The molecule has 0 aliphatic rings. The van der Waals surface area contributed by atoms with Crippen molar-refractivity contribution in [2.75, 3.05) is 5.32 Å². The molecule has 0 aliphatic heterocycles. The lowest BCUT2D eigenvalue weighted by Gasteiger charge is -2.08. The molecule has 0 saturated heterocycles. The normalized spacial score (nSPS) is 10.6. The van der Waals surface area contributed by atoms with Crippen molar-refractivity contribution >= 4 is 21.6 Å². The zero-order chi connectivity index (χ0) is 12.9. The van der Waals surface area contributed by atoms with Crippen molar-refractivity contribution in [3.8, 4) is 12.3 Å². The summed E-state index contributed by atoms with van der Waals surface area (Å²) in [6.45, 7) is 0. The minimum Gasteiger partial charge on any atom is -0.325 e. The Kier molecular flexibility index (Phi) is 4.26. The van der Waals surface area contributed by atoms with E-state index in [1.54, 1.807) is 6.07 Å². The molecule has 17 heavy (non-hydrogen) atoms. The number of primary sulfonamides is 1. The fourth-order valence-electron chi connectivity index (χ4n) is 1.22. The summed E-state index contributed by atoms with van der Waals surface area (Å²) >= 11 is 0. The first kappa shape index (κ1) is 13.2. The Labute approximate surface area is 100 Å². The maximum atomic E-state index is 11.4. The lowest BCUT2D eigenvalue weighted by atomic mass is 10.2. The Bertz CT molecular complexity index is 558. The van der Waals surface area contributed by atoms with Gasteiger partial charge >= 0.3 is 0 Å². The van der Waals surface area contributed by atoms with Crippen LogP contribution in [0, 0.1) is 12.3 Å². The highest BCUT2D eigenvalue weighted by atomic mass is 32.2. The van der Waals surface area contributed by atoms with Crippen LogP contribution in [-0.2, 0) is 14.8 Å². The molecule has 1 aromatic rings. The predicted molar refractivity (Wildman–Crippen MR) is 64.5 cm³/mol. The van der Waals surface area contributed by atoms with Crippen LogP contribution in [0.4, 0.5) is 5.69 Å². The first-order chi connectivity index (χ1) is 7.95. The van der Waals surface area contributed by atoms with E-state index in [1.165, 1.54) is 18.2 Å². The van der Waals surface area contributed by atoms with E-state index in [1.807, 2.05) is 0 Å². The SMILES string of the molecule is C#CCCC(=O)Nc1ccccc1S(N)(=O)=O. The van der Waals surface area contributed by atoms with Crippen LogP contribution >= 0.6 is 0 Å². The predicted octanol–water partition coefficient (Wildman–Crippen LogP) is 0.686. The van der Waals surface area contributed by atoms with E-state index in [4.69, 9.17) is 11.6 Å². The Hall–Kier alpha value is -1.84. The molecular weight excluding hydrogens is 240 g/mol. The van der Waals surface area contributed by atoms with E-state index in [0.717, 1.165) is 0 Å². The highest BCUT2D eigenvalue weighted by molar-refractivity contribution is 7.89. The largest absolute Gasteiger partial charge is 0.325 e. The van der Waals surface area contributed by atoms with E-state index < -0.39 is 10.0 Å². The van der Waals surface area contributed by atoms with Crippen LogP contribution < -0.4 is 10.5 Å². The number of amides is 1. The van der Waals surface area contributed by atoms with Crippen LogP contribution in [0.2, 0.25) is 0 Å².